The summed E-state index contributed by atoms with van der Waals surface area (Å²) in [5, 5.41) is 0. The molecule has 0 atom stereocenters. The third-order valence-corrected chi connectivity index (χ3v) is 4.91. The first kappa shape index (κ1) is 19.4. The Morgan fingerprint density at radius 2 is 1.64 bits per heavy atom. The van der Waals surface area contributed by atoms with Crippen LogP contribution in [0.25, 0.3) is 0 Å². The van der Waals surface area contributed by atoms with Crippen molar-refractivity contribution in [3.05, 3.63) is 21.9 Å². The van der Waals surface area contributed by atoms with Crippen LogP contribution in [0.15, 0.2) is 12.1 Å². The van der Waals surface area contributed by atoms with Gasteiger partial charge in [0.1, 0.15) is 5.60 Å². The van der Waals surface area contributed by atoms with Crippen LogP contribution in [-0.4, -0.2) is 59.4 Å². The third kappa shape index (κ3) is 5.85. The molecular weight excluding hydrogens is 340 g/mol. The molecule has 1 fully saturated rings. The smallest absolute Gasteiger partial charge is 0.410 e. The van der Waals surface area contributed by atoms with E-state index >= 15 is 0 Å². The van der Waals surface area contributed by atoms with E-state index in [0.29, 0.717) is 31.1 Å². The molecule has 1 aliphatic heterocycles. The number of rotatable bonds is 4. The molecule has 6 nitrogen and oxygen atoms in total. The summed E-state index contributed by atoms with van der Waals surface area (Å²) in [6.45, 7) is 9.31. The largest absolute Gasteiger partial charge is 0.444 e. The molecule has 1 aliphatic rings. The highest BCUT2D eigenvalue weighted by molar-refractivity contribution is 7.14. The summed E-state index contributed by atoms with van der Waals surface area (Å²) >= 11 is 1.46. The van der Waals surface area contributed by atoms with Gasteiger partial charge in [0.25, 0.3) is 0 Å². The Morgan fingerprint density at radius 1 is 1.04 bits per heavy atom. The van der Waals surface area contributed by atoms with Crippen LogP contribution in [0, 0.1) is 6.92 Å². The summed E-state index contributed by atoms with van der Waals surface area (Å²) in [7, 11) is 0. The zero-order chi connectivity index (χ0) is 18.6. The minimum absolute atomic E-state index is 0.0128. The molecule has 7 heteroatoms. The standard InChI is InChI=1S/C18H26N2O4S/c1-13-5-7-15(25-13)14(21)6-8-16(22)19-9-11-20(12-10-19)17(23)24-18(2,3)4/h5,7H,6,8-12H2,1-4H3. The van der Waals surface area contributed by atoms with E-state index < -0.39 is 5.60 Å². The fourth-order valence-corrected chi connectivity index (χ4v) is 3.39. The average molecular weight is 366 g/mol. The summed E-state index contributed by atoms with van der Waals surface area (Å²) in [6, 6.07) is 3.72. The molecule has 0 spiro atoms. The highest BCUT2D eigenvalue weighted by Crippen LogP contribution is 2.18. The molecule has 0 aliphatic carbocycles. The Labute approximate surface area is 152 Å². The maximum atomic E-state index is 12.3. The lowest BCUT2D eigenvalue weighted by atomic mass is 10.1. The molecule has 138 valence electrons. The molecule has 0 aromatic carbocycles. The van der Waals surface area contributed by atoms with Crippen molar-refractivity contribution in [1.29, 1.82) is 0 Å². The molecule has 0 unspecified atom stereocenters. The number of thiophene rings is 1. The van der Waals surface area contributed by atoms with Gasteiger partial charge in [-0.25, -0.2) is 4.79 Å². The van der Waals surface area contributed by atoms with Crippen LogP contribution in [0.3, 0.4) is 0 Å². The number of nitrogens with zero attached hydrogens (tertiary/aromatic N) is 2. The topological polar surface area (TPSA) is 66.9 Å². The summed E-state index contributed by atoms with van der Waals surface area (Å²) < 4.78 is 5.34. The van der Waals surface area contributed by atoms with Crippen LogP contribution < -0.4 is 0 Å². The quantitative estimate of drug-likeness (QED) is 0.768. The van der Waals surface area contributed by atoms with E-state index in [1.807, 2.05) is 39.8 Å². The van der Waals surface area contributed by atoms with Gasteiger partial charge < -0.3 is 14.5 Å². The van der Waals surface area contributed by atoms with Gasteiger partial charge in [-0.15, -0.1) is 11.3 Å². The zero-order valence-electron chi connectivity index (χ0n) is 15.3. The summed E-state index contributed by atoms with van der Waals surface area (Å²) in [6.07, 6.45) is 0.0932. The Bertz CT molecular complexity index is 640. The van der Waals surface area contributed by atoms with Crippen molar-refractivity contribution in [2.24, 2.45) is 0 Å². The Hall–Kier alpha value is -1.89. The molecular formula is C18H26N2O4S. The van der Waals surface area contributed by atoms with Crippen molar-refractivity contribution in [3.63, 3.8) is 0 Å². The molecule has 2 heterocycles. The Balaban J connectivity index is 1.75. The second kappa shape index (κ2) is 7.99. The maximum absolute atomic E-state index is 12.3. The van der Waals surface area contributed by atoms with Crippen molar-refractivity contribution in [1.82, 2.24) is 9.80 Å². The first-order chi connectivity index (χ1) is 11.7. The van der Waals surface area contributed by atoms with Crippen LogP contribution in [0.4, 0.5) is 4.79 Å². The Morgan fingerprint density at radius 3 is 2.16 bits per heavy atom. The number of piperazine rings is 1. The maximum Gasteiger partial charge on any atom is 0.410 e. The molecule has 2 amide bonds. The van der Waals surface area contributed by atoms with E-state index in [-0.39, 0.29) is 30.6 Å². The van der Waals surface area contributed by atoms with Crippen LogP contribution >= 0.6 is 11.3 Å². The van der Waals surface area contributed by atoms with Gasteiger partial charge in [0, 0.05) is 43.9 Å². The van der Waals surface area contributed by atoms with Crippen molar-refractivity contribution in [2.75, 3.05) is 26.2 Å². The van der Waals surface area contributed by atoms with Crippen molar-refractivity contribution in [2.45, 2.75) is 46.1 Å². The number of carbonyl (C=O) groups is 3. The van der Waals surface area contributed by atoms with Gasteiger partial charge in [0.2, 0.25) is 5.91 Å². The molecule has 1 aromatic rings. The number of hydrogen-bond donors (Lipinski definition) is 0. The molecule has 1 saturated heterocycles. The number of Topliss-reactive ketones (excluding diaryl/α,β-unsaturated/α-hetero) is 1. The van der Waals surface area contributed by atoms with Crippen LogP contribution in [0.2, 0.25) is 0 Å². The summed E-state index contributed by atoms with van der Waals surface area (Å²) in [5.41, 5.74) is -0.523. The van der Waals surface area contributed by atoms with E-state index in [2.05, 4.69) is 0 Å². The predicted octanol–water partition coefficient (Wildman–Crippen LogP) is 3.10. The second-order valence-corrected chi connectivity index (χ2v) is 8.47. The van der Waals surface area contributed by atoms with E-state index in [0.717, 1.165) is 4.88 Å². The van der Waals surface area contributed by atoms with Gasteiger partial charge in [0.05, 0.1) is 4.88 Å². The number of carbonyl (C=O) groups excluding carboxylic acids is 3. The van der Waals surface area contributed by atoms with E-state index in [4.69, 9.17) is 4.74 Å². The van der Waals surface area contributed by atoms with Crippen LogP contribution in [0.1, 0.15) is 48.2 Å². The third-order valence-electron chi connectivity index (χ3n) is 3.87. The minimum Gasteiger partial charge on any atom is -0.444 e. The summed E-state index contributed by atoms with van der Waals surface area (Å²) in [4.78, 5) is 41.5. The van der Waals surface area contributed by atoms with E-state index in [1.165, 1.54) is 11.3 Å². The lowest BCUT2D eigenvalue weighted by Gasteiger charge is -2.35. The second-order valence-electron chi connectivity index (χ2n) is 7.18. The molecule has 0 bridgehead atoms. The van der Waals surface area contributed by atoms with Crippen LogP contribution in [-0.2, 0) is 9.53 Å². The number of amides is 2. The molecule has 0 N–H and O–H groups in total. The first-order valence-corrected chi connectivity index (χ1v) is 9.33. The number of hydrogen-bond acceptors (Lipinski definition) is 5. The zero-order valence-corrected chi connectivity index (χ0v) is 16.1. The molecule has 1 aromatic heterocycles. The van der Waals surface area contributed by atoms with Gasteiger partial charge in [-0.3, -0.25) is 9.59 Å². The van der Waals surface area contributed by atoms with Gasteiger partial charge in [0.15, 0.2) is 5.78 Å². The van der Waals surface area contributed by atoms with E-state index in [9.17, 15) is 14.4 Å². The highest BCUT2D eigenvalue weighted by atomic mass is 32.1. The van der Waals surface area contributed by atoms with Gasteiger partial charge in [-0.05, 0) is 39.8 Å². The van der Waals surface area contributed by atoms with Gasteiger partial charge in [-0.1, -0.05) is 0 Å². The van der Waals surface area contributed by atoms with Crippen molar-refractivity contribution >= 4 is 29.1 Å². The monoisotopic (exact) mass is 366 g/mol. The molecule has 0 saturated carbocycles. The van der Waals surface area contributed by atoms with Gasteiger partial charge >= 0.3 is 6.09 Å². The molecule has 0 radical (unpaired) electrons. The first-order valence-electron chi connectivity index (χ1n) is 8.51. The van der Waals surface area contributed by atoms with Crippen molar-refractivity contribution in [3.8, 4) is 0 Å². The molecule has 2 rings (SSSR count). The summed E-state index contributed by atoms with van der Waals surface area (Å²) in [5.74, 6) is -0.0238. The fraction of sp³-hybridized carbons (Fsp3) is 0.611. The van der Waals surface area contributed by atoms with Crippen molar-refractivity contribution < 1.29 is 19.1 Å². The van der Waals surface area contributed by atoms with Gasteiger partial charge in [-0.2, -0.15) is 0 Å². The predicted molar refractivity (Wildman–Crippen MR) is 97.0 cm³/mol. The lowest BCUT2D eigenvalue weighted by Crippen LogP contribution is -2.51. The normalized spacial score (nSPS) is 15.2. The fourth-order valence-electron chi connectivity index (χ4n) is 2.55. The number of ether oxygens (including phenoxy) is 1. The number of ketones is 1. The highest BCUT2D eigenvalue weighted by Gasteiger charge is 2.27. The van der Waals surface area contributed by atoms with Crippen LogP contribution in [0.5, 0.6) is 0 Å². The SMILES string of the molecule is Cc1ccc(C(=O)CCC(=O)N2CCN(C(=O)OC(C)(C)C)CC2)s1. The number of aryl methyl sites for hydroxylation is 1. The molecule has 25 heavy (non-hydrogen) atoms. The van der Waals surface area contributed by atoms with E-state index in [1.54, 1.807) is 9.80 Å². The average Bonchev–Trinajstić information content (AvgIpc) is 2.97. The Kier molecular flexibility index (Phi) is 6.21. The minimum atomic E-state index is -0.523. The lowest BCUT2D eigenvalue weighted by molar-refractivity contribution is -0.132.